The Hall–Kier alpha value is -0.420. The van der Waals surface area contributed by atoms with E-state index in [4.69, 9.17) is 5.73 Å². The molecule has 0 unspecified atom stereocenters. The molecular formula is C7H13BrN4. The quantitative estimate of drug-likeness (QED) is 0.822. The molecule has 0 fully saturated rings. The molecular weight excluding hydrogens is 220 g/mol. The molecule has 1 aromatic heterocycles. The highest BCUT2D eigenvalue weighted by Crippen LogP contribution is 2.26. The van der Waals surface area contributed by atoms with Crippen LogP contribution in [0.15, 0.2) is 4.60 Å². The van der Waals surface area contributed by atoms with Gasteiger partial charge in [0.15, 0.2) is 4.60 Å². The first kappa shape index (κ1) is 9.67. The number of nitrogens with two attached hydrogens (primary N) is 1. The van der Waals surface area contributed by atoms with Crippen molar-refractivity contribution < 1.29 is 0 Å². The zero-order valence-corrected chi connectivity index (χ0v) is 9.09. The number of aromatic nitrogens is 3. The van der Waals surface area contributed by atoms with Crippen molar-refractivity contribution in [3.05, 3.63) is 10.3 Å². The van der Waals surface area contributed by atoms with Crippen molar-refractivity contribution in [1.29, 1.82) is 0 Å². The summed E-state index contributed by atoms with van der Waals surface area (Å²) in [6.45, 7) is 4.71. The molecule has 0 spiro atoms. The van der Waals surface area contributed by atoms with E-state index >= 15 is 0 Å². The number of halogens is 1. The number of hydrogen-bond donors (Lipinski definition) is 1. The fraction of sp³-hybridized carbons (Fsp3) is 0.714. The predicted molar refractivity (Wildman–Crippen MR) is 50.8 cm³/mol. The fourth-order valence-electron chi connectivity index (χ4n) is 1.15. The SMILES string of the molecule is Cn1nnc(Br)c1C(C)(C)CN. The lowest BCUT2D eigenvalue weighted by Crippen LogP contribution is -2.30. The number of nitrogens with zero attached hydrogens (tertiary/aromatic N) is 3. The Balaban J connectivity index is 3.17. The Morgan fingerprint density at radius 3 is 2.50 bits per heavy atom. The molecule has 1 aromatic rings. The molecule has 12 heavy (non-hydrogen) atoms. The molecule has 0 bridgehead atoms. The Kier molecular flexibility index (Phi) is 2.53. The third-order valence-corrected chi connectivity index (χ3v) is 2.47. The van der Waals surface area contributed by atoms with Crippen molar-refractivity contribution in [2.75, 3.05) is 6.54 Å². The molecule has 2 N–H and O–H groups in total. The predicted octanol–water partition coefficient (Wildman–Crippen LogP) is 0.814. The summed E-state index contributed by atoms with van der Waals surface area (Å²) < 4.78 is 2.53. The smallest absolute Gasteiger partial charge is 0.152 e. The molecule has 0 atom stereocenters. The van der Waals surface area contributed by atoms with Crippen LogP contribution < -0.4 is 5.73 Å². The first-order valence-electron chi connectivity index (χ1n) is 3.75. The fourth-order valence-corrected chi connectivity index (χ4v) is 2.01. The number of rotatable bonds is 2. The van der Waals surface area contributed by atoms with Crippen molar-refractivity contribution >= 4 is 15.9 Å². The second-order valence-corrected chi connectivity index (χ2v) is 4.19. The van der Waals surface area contributed by atoms with Crippen molar-refractivity contribution in [1.82, 2.24) is 15.0 Å². The Bertz CT molecular complexity index is 259. The minimum absolute atomic E-state index is 0.0862. The lowest BCUT2D eigenvalue weighted by atomic mass is 9.90. The van der Waals surface area contributed by atoms with E-state index in [0.29, 0.717) is 6.54 Å². The maximum absolute atomic E-state index is 5.65. The van der Waals surface area contributed by atoms with E-state index in [0.717, 1.165) is 10.3 Å². The van der Waals surface area contributed by atoms with Crippen LogP contribution in [0.1, 0.15) is 19.5 Å². The third-order valence-electron chi connectivity index (χ3n) is 1.94. The topological polar surface area (TPSA) is 56.7 Å². The first-order chi connectivity index (χ1) is 5.49. The monoisotopic (exact) mass is 232 g/mol. The van der Waals surface area contributed by atoms with Gasteiger partial charge in [-0.2, -0.15) is 0 Å². The van der Waals surface area contributed by atoms with Gasteiger partial charge in [-0.15, -0.1) is 5.10 Å². The van der Waals surface area contributed by atoms with Gasteiger partial charge in [0.25, 0.3) is 0 Å². The molecule has 1 rings (SSSR count). The van der Waals surface area contributed by atoms with E-state index in [9.17, 15) is 0 Å². The molecule has 0 aliphatic heterocycles. The molecule has 0 saturated carbocycles. The molecule has 0 amide bonds. The lowest BCUT2D eigenvalue weighted by Gasteiger charge is -2.22. The van der Waals surface area contributed by atoms with Crippen LogP contribution in [-0.2, 0) is 12.5 Å². The van der Waals surface area contributed by atoms with Crippen molar-refractivity contribution in [2.45, 2.75) is 19.3 Å². The van der Waals surface area contributed by atoms with E-state index < -0.39 is 0 Å². The summed E-state index contributed by atoms with van der Waals surface area (Å²) in [6, 6.07) is 0. The molecule has 0 saturated heterocycles. The summed E-state index contributed by atoms with van der Waals surface area (Å²) in [5.41, 5.74) is 6.59. The van der Waals surface area contributed by atoms with Gasteiger partial charge in [-0.25, -0.2) is 0 Å². The summed E-state index contributed by atoms with van der Waals surface area (Å²) in [5, 5.41) is 7.80. The van der Waals surface area contributed by atoms with E-state index in [-0.39, 0.29) is 5.41 Å². The van der Waals surface area contributed by atoms with Gasteiger partial charge in [0.2, 0.25) is 0 Å². The summed E-state index contributed by atoms with van der Waals surface area (Å²) >= 11 is 3.34. The first-order valence-corrected chi connectivity index (χ1v) is 4.54. The zero-order valence-electron chi connectivity index (χ0n) is 7.50. The molecule has 4 nitrogen and oxygen atoms in total. The Morgan fingerprint density at radius 2 is 2.17 bits per heavy atom. The normalized spacial score (nSPS) is 12.1. The van der Waals surface area contributed by atoms with Crippen LogP contribution in [0.25, 0.3) is 0 Å². The maximum Gasteiger partial charge on any atom is 0.152 e. The third kappa shape index (κ3) is 1.51. The highest BCUT2D eigenvalue weighted by atomic mass is 79.9. The summed E-state index contributed by atoms with van der Waals surface area (Å²) in [4.78, 5) is 0. The van der Waals surface area contributed by atoms with Crippen LogP contribution in [0.2, 0.25) is 0 Å². The van der Waals surface area contributed by atoms with Gasteiger partial charge in [0, 0.05) is 19.0 Å². The van der Waals surface area contributed by atoms with Crippen LogP contribution in [0.5, 0.6) is 0 Å². The highest BCUT2D eigenvalue weighted by molar-refractivity contribution is 9.10. The molecule has 1 heterocycles. The van der Waals surface area contributed by atoms with Gasteiger partial charge in [0.1, 0.15) is 0 Å². The highest BCUT2D eigenvalue weighted by Gasteiger charge is 2.26. The molecule has 0 aliphatic carbocycles. The van der Waals surface area contributed by atoms with Crippen molar-refractivity contribution in [2.24, 2.45) is 12.8 Å². The Labute approximate surface area is 80.3 Å². The van der Waals surface area contributed by atoms with Gasteiger partial charge in [-0.3, -0.25) is 4.68 Å². The zero-order chi connectivity index (χ0) is 9.35. The van der Waals surface area contributed by atoms with E-state index in [1.165, 1.54) is 0 Å². The average Bonchev–Trinajstić information content (AvgIpc) is 2.31. The van der Waals surface area contributed by atoms with Gasteiger partial charge in [-0.1, -0.05) is 19.1 Å². The second-order valence-electron chi connectivity index (χ2n) is 3.44. The standard InChI is InChI=1S/C7H13BrN4/c1-7(2,4-9)5-6(8)10-11-12(5)3/h4,9H2,1-3H3. The summed E-state index contributed by atoms with van der Waals surface area (Å²) in [6.07, 6.45) is 0. The van der Waals surface area contributed by atoms with Crippen LogP contribution in [0, 0.1) is 0 Å². The van der Waals surface area contributed by atoms with E-state index in [2.05, 4.69) is 40.1 Å². The largest absolute Gasteiger partial charge is 0.330 e. The number of aryl methyl sites for hydroxylation is 1. The minimum Gasteiger partial charge on any atom is -0.330 e. The van der Waals surface area contributed by atoms with Crippen LogP contribution in [0.3, 0.4) is 0 Å². The average molecular weight is 233 g/mol. The van der Waals surface area contributed by atoms with E-state index in [1.54, 1.807) is 4.68 Å². The number of hydrogen-bond acceptors (Lipinski definition) is 3. The van der Waals surface area contributed by atoms with Crippen LogP contribution in [-0.4, -0.2) is 21.5 Å². The van der Waals surface area contributed by atoms with Crippen molar-refractivity contribution in [3.63, 3.8) is 0 Å². The second kappa shape index (κ2) is 3.14. The van der Waals surface area contributed by atoms with Gasteiger partial charge in [-0.05, 0) is 15.9 Å². The lowest BCUT2D eigenvalue weighted by molar-refractivity contribution is 0.484. The molecule has 0 aromatic carbocycles. The van der Waals surface area contributed by atoms with Gasteiger partial charge >= 0.3 is 0 Å². The molecule has 0 radical (unpaired) electrons. The molecule has 0 aliphatic rings. The minimum atomic E-state index is -0.0862. The summed E-state index contributed by atoms with van der Waals surface area (Å²) in [7, 11) is 1.87. The Morgan fingerprint density at radius 1 is 1.58 bits per heavy atom. The van der Waals surface area contributed by atoms with Gasteiger partial charge in [0.05, 0.1) is 5.69 Å². The molecule has 68 valence electrons. The molecule has 5 heteroatoms. The summed E-state index contributed by atoms with van der Waals surface area (Å²) in [5.74, 6) is 0. The van der Waals surface area contributed by atoms with E-state index in [1.807, 2.05) is 7.05 Å². The maximum atomic E-state index is 5.65. The van der Waals surface area contributed by atoms with Gasteiger partial charge < -0.3 is 5.73 Å². The van der Waals surface area contributed by atoms with Crippen LogP contribution >= 0.6 is 15.9 Å². The van der Waals surface area contributed by atoms with Crippen molar-refractivity contribution in [3.8, 4) is 0 Å². The van der Waals surface area contributed by atoms with Crippen LogP contribution in [0.4, 0.5) is 0 Å².